The molecule has 33 heavy (non-hydrogen) atoms. The molecule has 6 N–H and O–H groups in total. The molecule has 13 nitrogen and oxygen atoms in total. The number of anilines is 1. The zero-order valence-electron chi connectivity index (χ0n) is 18.0. The van der Waals surface area contributed by atoms with Gasteiger partial charge in [0.15, 0.2) is 28.9 Å². The van der Waals surface area contributed by atoms with Gasteiger partial charge in [-0.15, -0.1) is 0 Å². The minimum Gasteiger partial charge on any atom is -0.394 e. The number of ether oxygens (including phenoxy) is 1. The van der Waals surface area contributed by atoms with Crippen molar-refractivity contribution in [1.29, 1.82) is 0 Å². The Morgan fingerprint density at radius 2 is 2.03 bits per heavy atom. The highest BCUT2D eigenvalue weighted by atomic mass is 16.6. The van der Waals surface area contributed by atoms with Gasteiger partial charge < -0.3 is 31.1 Å². The second kappa shape index (κ2) is 8.33. The van der Waals surface area contributed by atoms with E-state index in [-0.39, 0.29) is 17.7 Å². The van der Waals surface area contributed by atoms with Gasteiger partial charge in [-0.25, -0.2) is 9.67 Å². The van der Waals surface area contributed by atoms with Gasteiger partial charge in [-0.3, -0.25) is 9.36 Å². The van der Waals surface area contributed by atoms with Gasteiger partial charge in [0.25, 0.3) is 11.9 Å². The number of rotatable bonds is 6. The average molecular weight is 458 g/mol. The van der Waals surface area contributed by atoms with Crippen LogP contribution in [0, 0.1) is 6.92 Å². The number of aliphatic hydroxyl groups excluding tert-OH is 3. The minimum atomic E-state index is -1.29. The molecule has 176 valence electrons. The minimum absolute atomic E-state index is 0.0819. The number of hydrogen-bond donors (Lipinski definition) is 5. The molecule has 4 atom stereocenters. The van der Waals surface area contributed by atoms with Crippen LogP contribution in [0.4, 0.5) is 5.82 Å². The van der Waals surface area contributed by atoms with E-state index in [1.807, 2.05) is 0 Å². The summed E-state index contributed by atoms with van der Waals surface area (Å²) in [7, 11) is 0. The number of aromatic nitrogens is 6. The lowest BCUT2D eigenvalue weighted by Gasteiger charge is -2.18. The van der Waals surface area contributed by atoms with Crippen molar-refractivity contribution in [1.82, 2.24) is 29.3 Å². The van der Waals surface area contributed by atoms with E-state index in [1.165, 1.54) is 15.6 Å². The fourth-order valence-corrected chi connectivity index (χ4v) is 4.46. The summed E-state index contributed by atoms with van der Waals surface area (Å²) in [5.74, 6) is 0.00296. The first-order valence-corrected chi connectivity index (χ1v) is 10.9. The van der Waals surface area contributed by atoms with E-state index in [0.717, 1.165) is 25.7 Å². The van der Waals surface area contributed by atoms with E-state index in [0.29, 0.717) is 22.7 Å². The Hall–Kier alpha value is -3.13. The molecule has 2 aliphatic rings. The van der Waals surface area contributed by atoms with E-state index < -0.39 is 37.1 Å². The summed E-state index contributed by atoms with van der Waals surface area (Å²) in [5.41, 5.74) is 6.87. The largest absolute Gasteiger partial charge is 0.394 e. The molecule has 1 aliphatic carbocycles. The molecular weight excluding hydrogens is 432 g/mol. The summed E-state index contributed by atoms with van der Waals surface area (Å²) >= 11 is 0. The summed E-state index contributed by atoms with van der Waals surface area (Å²) in [6, 6.07) is 1.78. The van der Waals surface area contributed by atoms with Crippen LogP contribution in [0.15, 0.2) is 12.4 Å². The molecule has 1 saturated carbocycles. The molecule has 13 heteroatoms. The van der Waals surface area contributed by atoms with Crippen LogP contribution in [-0.4, -0.2) is 81.5 Å². The fraction of sp³-hybridized carbons (Fsp3) is 0.550. The number of imidazole rings is 1. The first-order chi connectivity index (χ1) is 15.9. The predicted molar refractivity (Wildman–Crippen MR) is 115 cm³/mol. The third kappa shape index (κ3) is 3.72. The van der Waals surface area contributed by atoms with Crippen molar-refractivity contribution in [2.24, 2.45) is 5.73 Å². The number of carbonyl (C=O) groups is 1. The molecule has 1 amide bonds. The molecule has 1 saturated heterocycles. The Bertz CT molecular complexity index is 1190. The topological polar surface area (TPSA) is 186 Å². The number of primary amides is 1. The lowest BCUT2D eigenvalue weighted by Crippen LogP contribution is -2.33. The Labute approximate surface area is 188 Å². The predicted octanol–water partition coefficient (Wildman–Crippen LogP) is -0.615. The monoisotopic (exact) mass is 458 g/mol. The van der Waals surface area contributed by atoms with Gasteiger partial charge in [0.2, 0.25) is 0 Å². The van der Waals surface area contributed by atoms with Crippen LogP contribution in [0.25, 0.3) is 17.1 Å². The highest BCUT2D eigenvalue weighted by Gasteiger charge is 2.44. The van der Waals surface area contributed by atoms with Crippen LogP contribution in [0.1, 0.15) is 48.1 Å². The molecule has 2 fully saturated rings. The van der Waals surface area contributed by atoms with Crippen LogP contribution in [0.3, 0.4) is 0 Å². The standard InChI is InChI=1S/C20H26N8O5/c1-9-6-11(16(21)32)26-28(9)20-24-17(23-10-4-2-3-5-10)13-18(25-20)27(8-22-13)19-15(31)14(30)12(7-29)33-19/h6,8,10,12,14-15,19,29-31H,2-5,7H2,1H3,(H2,21,32)(H,23,24,25)/t12-,14-,15+,19-/m1/s1. The molecule has 0 aromatic carbocycles. The quantitative estimate of drug-likeness (QED) is 0.319. The van der Waals surface area contributed by atoms with E-state index in [9.17, 15) is 20.1 Å². The molecule has 3 aromatic rings. The maximum atomic E-state index is 11.6. The maximum Gasteiger partial charge on any atom is 0.269 e. The van der Waals surface area contributed by atoms with Gasteiger partial charge in [-0.05, 0) is 25.8 Å². The van der Waals surface area contributed by atoms with Crippen molar-refractivity contribution >= 4 is 22.9 Å². The number of carbonyl (C=O) groups excluding carboxylic acids is 1. The van der Waals surface area contributed by atoms with Gasteiger partial charge in [0.1, 0.15) is 18.3 Å². The van der Waals surface area contributed by atoms with Crippen molar-refractivity contribution in [3.63, 3.8) is 0 Å². The van der Waals surface area contributed by atoms with Gasteiger partial charge in [-0.1, -0.05) is 12.8 Å². The SMILES string of the molecule is Cc1cc(C(N)=O)nn1-c1nc(NC2CCCC2)c2ncn([C@@H]3O[C@H](CO)[C@@H](O)[C@@H]3O)c2n1. The van der Waals surface area contributed by atoms with Gasteiger partial charge in [0.05, 0.1) is 12.9 Å². The molecule has 5 rings (SSSR count). The van der Waals surface area contributed by atoms with Crippen molar-refractivity contribution in [3.05, 3.63) is 23.8 Å². The summed E-state index contributed by atoms with van der Waals surface area (Å²) in [5, 5.41) is 37.8. The molecule has 0 spiro atoms. The summed E-state index contributed by atoms with van der Waals surface area (Å²) in [4.78, 5) is 25.3. The third-order valence-electron chi connectivity index (χ3n) is 6.23. The van der Waals surface area contributed by atoms with Crippen LogP contribution in [0.2, 0.25) is 0 Å². The van der Waals surface area contributed by atoms with E-state index >= 15 is 0 Å². The number of nitrogens with one attached hydrogen (secondary N) is 1. The van der Waals surface area contributed by atoms with Gasteiger partial charge in [-0.2, -0.15) is 15.1 Å². The molecule has 0 radical (unpaired) electrons. The Balaban J connectivity index is 1.63. The van der Waals surface area contributed by atoms with Gasteiger partial charge in [0, 0.05) is 11.7 Å². The van der Waals surface area contributed by atoms with Crippen LogP contribution in [-0.2, 0) is 4.74 Å². The van der Waals surface area contributed by atoms with Crippen LogP contribution >= 0.6 is 0 Å². The van der Waals surface area contributed by atoms with E-state index in [4.69, 9.17) is 10.5 Å². The van der Waals surface area contributed by atoms with Crippen LogP contribution < -0.4 is 11.1 Å². The lowest BCUT2D eigenvalue weighted by molar-refractivity contribution is -0.0511. The molecule has 0 bridgehead atoms. The molecule has 3 aromatic heterocycles. The highest BCUT2D eigenvalue weighted by molar-refractivity contribution is 5.91. The highest BCUT2D eigenvalue weighted by Crippen LogP contribution is 2.33. The average Bonchev–Trinajstić information content (AvgIpc) is 3.57. The number of hydrogen-bond acceptors (Lipinski definition) is 10. The number of amides is 1. The lowest BCUT2D eigenvalue weighted by atomic mass is 10.1. The second-order valence-electron chi connectivity index (χ2n) is 8.50. The zero-order valence-corrected chi connectivity index (χ0v) is 18.0. The van der Waals surface area contributed by atoms with Crippen molar-refractivity contribution in [3.8, 4) is 5.95 Å². The maximum absolute atomic E-state index is 11.6. The van der Waals surface area contributed by atoms with Crippen molar-refractivity contribution < 1.29 is 24.9 Å². The van der Waals surface area contributed by atoms with Gasteiger partial charge >= 0.3 is 0 Å². The first-order valence-electron chi connectivity index (χ1n) is 10.9. The Kier molecular flexibility index (Phi) is 5.48. The molecular formula is C20H26N8O5. The smallest absolute Gasteiger partial charge is 0.269 e. The fourth-order valence-electron chi connectivity index (χ4n) is 4.46. The van der Waals surface area contributed by atoms with E-state index in [2.05, 4.69) is 25.4 Å². The zero-order chi connectivity index (χ0) is 23.3. The van der Waals surface area contributed by atoms with Crippen molar-refractivity contribution in [2.75, 3.05) is 11.9 Å². The number of nitrogens with zero attached hydrogens (tertiary/aromatic N) is 6. The normalized spacial score (nSPS) is 25.8. The number of nitrogens with two attached hydrogens (primary N) is 1. The Morgan fingerprint density at radius 1 is 1.27 bits per heavy atom. The third-order valence-corrected chi connectivity index (χ3v) is 6.23. The Morgan fingerprint density at radius 3 is 2.67 bits per heavy atom. The van der Waals surface area contributed by atoms with Crippen LogP contribution in [0.5, 0.6) is 0 Å². The number of fused-ring (bicyclic) bond motifs is 1. The van der Waals surface area contributed by atoms with Crippen molar-refractivity contribution in [2.45, 2.75) is 63.2 Å². The molecule has 4 heterocycles. The summed E-state index contributed by atoms with van der Waals surface area (Å²) < 4.78 is 8.58. The summed E-state index contributed by atoms with van der Waals surface area (Å²) in [6.07, 6.45) is 1.19. The molecule has 0 unspecified atom stereocenters. The molecule has 1 aliphatic heterocycles. The first kappa shape index (κ1) is 21.7. The number of aliphatic hydroxyl groups is 3. The summed E-state index contributed by atoms with van der Waals surface area (Å²) in [6.45, 7) is 1.30. The number of aryl methyl sites for hydroxylation is 1. The second-order valence-corrected chi connectivity index (χ2v) is 8.50. The van der Waals surface area contributed by atoms with E-state index in [1.54, 1.807) is 13.0 Å².